The minimum absolute atomic E-state index is 0.0816. The molecule has 3 aromatic heterocycles. The molecule has 0 fully saturated rings. The first-order valence-corrected chi connectivity index (χ1v) is 9.54. The van der Waals surface area contributed by atoms with Crippen molar-refractivity contribution in [3.63, 3.8) is 0 Å². The summed E-state index contributed by atoms with van der Waals surface area (Å²) in [5, 5.41) is 7.42. The molecule has 5 nitrogen and oxygen atoms in total. The maximum absolute atomic E-state index is 12.3. The number of aryl methyl sites for hydroxylation is 1. The fraction of sp³-hybridized carbons (Fsp3) is 0.438. The fourth-order valence-electron chi connectivity index (χ4n) is 3.11. The normalized spacial score (nSPS) is 18.4. The van der Waals surface area contributed by atoms with Crippen LogP contribution < -0.4 is 5.56 Å². The monoisotopic (exact) mass is 346 g/mol. The van der Waals surface area contributed by atoms with Crippen molar-refractivity contribution in [2.75, 3.05) is 6.54 Å². The lowest BCUT2D eigenvalue weighted by Crippen LogP contribution is -2.33. The van der Waals surface area contributed by atoms with E-state index in [0.717, 1.165) is 30.1 Å². The highest BCUT2D eigenvalue weighted by atomic mass is 32.1. The fourth-order valence-corrected chi connectivity index (χ4v) is 4.93. The number of rotatable bonds is 3. The van der Waals surface area contributed by atoms with Crippen molar-refractivity contribution in [3.8, 4) is 0 Å². The summed E-state index contributed by atoms with van der Waals surface area (Å²) in [4.78, 5) is 21.5. The molecule has 4 heterocycles. The predicted octanol–water partition coefficient (Wildman–Crippen LogP) is 2.89. The van der Waals surface area contributed by atoms with Crippen LogP contribution in [0.4, 0.5) is 0 Å². The third kappa shape index (κ3) is 2.62. The molecule has 1 unspecified atom stereocenters. The van der Waals surface area contributed by atoms with Gasteiger partial charge in [0, 0.05) is 30.1 Å². The van der Waals surface area contributed by atoms with Crippen LogP contribution in [0, 0.1) is 0 Å². The van der Waals surface area contributed by atoms with Gasteiger partial charge >= 0.3 is 0 Å². The molecule has 0 saturated carbocycles. The van der Waals surface area contributed by atoms with E-state index >= 15 is 0 Å². The van der Waals surface area contributed by atoms with E-state index in [1.54, 1.807) is 6.07 Å². The molecule has 0 radical (unpaired) electrons. The van der Waals surface area contributed by atoms with E-state index in [4.69, 9.17) is 0 Å². The number of hydrogen-bond acceptors (Lipinski definition) is 6. The van der Waals surface area contributed by atoms with Crippen LogP contribution in [0.5, 0.6) is 0 Å². The van der Waals surface area contributed by atoms with Gasteiger partial charge < -0.3 is 0 Å². The molecule has 23 heavy (non-hydrogen) atoms. The maximum Gasteiger partial charge on any atom is 0.275 e. The van der Waals surface area contributed by atoms with E-state index in [1.165, 1.54) is 26.3 Å². The quantitative estimate of drug-likeness (QED) is 0.732. The Bertz CT molecular complexity index is 910. The molecule has 1 aliphatic rings. The number of thiophene rings is 1. The number of aromatic nitrogens is 3. The summed E-state index contributed by atoms with van der Waals surface area (Å²) in [5.41, 5.74) is 2.18. The van der Waals surface area contributed by atoms with Gasteiger partial charge in [0.2, 0.25) is 4.96 Å². The summed E-state index contributed by atoms with van der Waals surface area (Å²) < 4.78 is 1.42. The second kappa shape index (κ2) is 5.81. The Labute approximate surface area is 142 Å². The molecule has 7 heteroatoms. The largest absolute Gasteiger partial charge is 0.290 e. The second-order valence-corrected chi connectivity index (χ2v) is 7.87. The molecule has 0 aromatic carbocycles. The Hall–Kier alpha value is -1.57. The third-order valence-corrected chi connectivity index (χ3v) is 6.46. The summed E-state index contributed by atoms with van der Waals surface area (Å²) in [6, 6.07) is 4.22. The highest BCUT2D eigenvalue weighted by molar-refractivity contribution is 7.16. The lowest BCUT2D eigenvalue weighted by atomic mass is 10.0. The van der Waals surface area contributed by atoms with Crippen molar-refractivity contribution >= 4 is 27.6 Å². The summed E-state index contributed by atoms with van der Waals surface area (Å²) in [5.74, 6) is 0. The highest BCUT2D eigenvalue weighted by Gasteiger charge is 2.25. The van der Waals surface area contributed by atoms with Crippen molar-refractivity contribution in [2.45, 2.75) is 39.3 Å². The molecule has 3 aromatic rings. The highest BCUT2D eigenvalue weighted by Crippen LogP contribution is 2.33. The Morgan fingerprint density at radius 2 is 2.30 bits per heavy atom. The predicted molar refractivity (Wildman–Crippen MR) is 93.4 cm³/mol. The van der Waals surface area contributed by atoms with Crippen molar-refractivity contribution < 1.29 is 0 Å². The molecule has 1 atom stereocenters. The van der Waals surface area contributed by atoms with Gasteiger partial charge in [-0.2, -0.15) is 9.61 Å². The molecule has 4 rings (SSSR count). The van der Waals surface area contributed by atoms with Crippen molar-refractivity contribution in [1.82, 2.24) is 19.5 Å². The number of hydrogen-bond donors (Lipinski definition) is 0. The van der Waals surface area contributed by atoms with Crippen molar-refractivity contribution in [1.29, 1.82) is 0 Å². The van der Waals surface area contributed by atoms with E-state index in [1.807, 2.05) is 18.3 Å². The lowest BCUT2D eigenvalue weighted by molar-refractivity contribution is 0.189. The molecule has 1 aliphatic heterocycles. The molecule has 0 bridgehead atoms. The Morgan fingerprint density at radius 3 is 3.13 bits per heavy atom. The van der Waals surface area contributed by atoms with Crippen LogP contribution >= 0.6 is 22.7 Å². The van der Waals surface area contributed by atoms with Gasteiger partial charge in [0.25, 0.3) is 5.56 Å². The molecular weight excluding hydrogens is 328 g/mol. The molecule has 120 valence electrons. The maximum atomic E-state index is 12.3. The topological polar surface area (TPSA) is 50.5 Å². The van der Waals surface area contributed by atoms with E-state index in [0.29, 0.717) is 17.5 Å². The van der Waals surface area contributed by atoms with Crippen LogP contribution in [0.25, 0.3) is 4.96 Å². The average molecular weight is 346 g/mol. The average Bonchev–Trinajstić information content (AvgIpc) is 3.16. The van der Waals surface area contributed by atoms with Crippen molar-refractivity contribution in [2.24, 2.45) is 0 Å². The Morgan fingerprint density at radius 1 is 1.43 bits per heavy atom. The minimum Gasteiger partial charge on any atom is -0.290 e. The van der Waals surface area contributed by atoms with Gasteiger partial charge in [-0.15, -0.1) is 11.3 Å². The summed E-state index contributed by atoms with van der Waals surface area (Å²) in [6.45, 7) is 6.00. The van der Waals surface area contributed by atoms with E-state index in [-0.39, 0.29) is 5.56 Å². The SMILES string of the molecule is CCc1nn2c(=O)cc(CN3CCc4sccc4C3C)nc2s1. The van der Waals surface area contributed by atoms with Crippen LogP contribution in [-0.2, 0) is 19.4 Å². The zero-order valence-electron chi connectivity index (χ0n) is 13.2. The summed E-state index contributed by atoms with van der Waals surface area (Å²) >= 11 is 3.35. The van der Waals surface area contributed by atoms with Crippen LogP contribution in [0.1, 0.15) is 41.0 Å². The molecule has 0 N–H and O–H groups in total. The summed E-state index contributed by atoms with van der Waals surface area (Å²) in [7, 11) is 0. The molecule has 0 amide bonds. The van der Waals surface area contributed by atoms with Crippen LogP contribution in [-0.4, -0.2) is 26.0 Å². The first-order valence-electron chi connectivity index (χ1n) is 7.84. The van der Waals surface area contributed by atoms with Crippen LogP contribution in [0.15, 0.2) is 22.3 Å². The number of nitrogens with zero attached hydrogens (tertiary/aromatic N) is 4. The Balaban J connectivity index is 1.64. The van der Waals surface area contributed by atoms with Gasteiger partial charge in [-0.3, -0.25) is 9.69 Å². The zero-order chi connectivity index (χ0) is 16.0. The second-order valence-electron chi connectivity index (χ2n) is 5.83. The molecule has 0 spiro atoms. The molecular formula is C16H18N4OS2. The third-order valence-electron chi connectivity index (χ3n) is 4.41. The molecule has 0 saturated heterocycles. The first kappa shape index (κ1) is 15.0. The van der Waals surface area contributed by atoms with Crippen molar-refractivity contribution in [3.05, 3.63) is 49.0 Å². The zero-order valence-corrected chi connectivity index (χ0v) is 14.8. The van der Waals surface area contributed by atoms with E-state index < -0.39 is 0 Å². The van der Waals surface area contributed by atoms with E-state index in [9.17, 15) is 4.79 Å². The number of fused-ring (bicyclic) bond motifs is 2. The van der Waals surface area contributed by atoms with E-state index in [2.05, 4.69) is 33.4 Å². The van der Waals surface area contributed by atoms with Gasteiger partial charge in [0.1, 0.15) is 5.01 Å². The lowest BCUT2D eigenvalue weighted by Gasteiger charge is -2.33. The standard InChI is InChI=1S/C16H18N4OS2/c1-3-14-18-20-15(21)8-11(17-16(20)23-14)9-19-6-4-13-12(10(19)2)5-7-22-13/h5,7-8,10H,3-4,6,9H2,1-2H3. The van der Waals surface area contributed by atoms with Gasteiger partial charge in [0.15, 0.2) is 0 Å². The minimum atomic E-state index is -0.0816. The van der Waals surface area contributed by atoms with Gasteiger partial charge in [0.05, 0.1) is 5.69 Å². The summed E-state index contributed by atoms with van der Waals surface area (Å²) in [6.07, 6.45) is 1.91. The molecule has 0 aliphatic carbocycles. The van der Waals surface area contributed by atoms with Gasteiger partial charge in [-0.25, -0.2) is 4.98 Å². The first-order chi connectivity index (χ1) is 11.2. The van der Waals surface area contributed by atoms with Gasteiger partial charge in [-0.1, -0.05) is 18.3 Å². The van der Waals surface area contributed by atoms with Gasteiger partial charge in [-0.05, 0) is 36.8 Å². The Kier molecular flexibility index (Phi) is 3.79. The van der Waals surface area contributed by atoms with Crippen LogP contribution in [0.2, 0.25) is 0 Å². The van der Waals surface area contributed by atoms with Crippen LogP contribution in [0.3, 0.4) is 0 Å². The smallest absolute Gasteiger partial charge is 0.275 e.